The summed E-state index contributed by atoms with van der Waals surface area (Å²) in [6, 6.07) is 0. The largest absolute Gasteiger partial charge is 0.442 e. The molecule has 162 valence electrons. The lowest BCUT2D eigenvalue weighted by atomic mass is 10.0. The summed E-state index contributed by atoms with van der Waals surface area (Å²) in [6.07, 6.45) is 5.59. The van der Waals surface area contributed by atoms with Gasteiger partial charge < -0.3 is 20.0 Å². The van der Waals surface area contributed by atoms with E-state index in [1.54, 1.807) is 11.8 Å². The quantitative estimate of drug-likeness (QED) is 0.621. The van der Waals surface area contributed by atoms with Gasteiger partial charge in [0.15, 0.2) is 0 Å². The Labute approximate surface area is 178 Å². The molecule has 0 bridgehead atoms. The summed E-state index contributed by atoms with van der Waals surface area (Å²) in [5.74, 6) is 1.64. The Morgan fingerprint density at radius 2 is 2.00 bits per heavy atom. The normalized spacial score (nSPS) is 16.8. The molecule has 1 aliphatic carbocycles. The first-order chi connectivity index (χ1) is 15.0. The van der Waals surface area contributed by atoms with E-state index >= 15 is 0 Å². The standard InChI is InChI=1S/C21H24FN7O2/c1-12-15(16-18(28-21(2)4-5-21)26-11-27-19(16)31-12)20(30)29-8-3-13-14(9-29)24-10-25-17(13)23-7-6-22/h10-11H,3-9H2,1-2H3,(H,23,24,25)(H,26,27,28). The van der Waals surface area contributed by atoms with Gasteiger partial charge in [-0.3, -0.25) is 4.79 Å². The molecule has 9 nitrogen and oxygen atoms in total. The zero-order valence-electron chi connectivity index (χ0n) is 17.5. The first kappa shape index (κ1) is 19.7. The summed E-state index contributed by atoms with van der Waals surface area (Å²) >= 11 is 0. The molecule has 2 N–H and O–H groups in total. The molecule has 5 rings (SSSR count). The van der Waals surface area contributed by atoms with Crippen molar-refractivity contribution in [3.63, 3.8) is 0 Å². The summed E-state index contributed by atoms with van der Waals surface area (Å²) in [5.41, 5.74) is 2.58. The van der Waals surface area contributed by atoms with Crippen molar-refractivity contribution in [3.05, 3.63) is 35.2 Å². The number of carbonyl (C=O) groups excluding carboxylic acids is 1. The van der Waals surface area contributed by atoms with Gasteiger partial charge in [0.1, 0.15) is 36.7 Å². The molecule has 10 heteroatoms. The predicted molar refractivity (Wildman–Crippen MR) is 113 cm³/mol. The number of aromatic nitrogens is 4. The third-order valence-corrected chi connectivity index (χ3v) is 5.98. The number of rotatable bonds is 6. The highest BCUT2D eigenvalue weighted by atomic mass is 19.1. The lowest BCUT2D eigenvalue weighted by Gasteiger charge is -2.29. The van der Waals surface area contributed by atoms with E-state index in [2.05, 4.69) is 37.5 Å². The van der Waals surface area contributed by atoms with Crippen LogP contribution in [0.15, 0.2) is 17.1 Å². The second kappa shape index (κ2) is 7.44. The van der Waals surface area contributed by atoms with Crippen molar-refractivity contribution in [1.29, 1.82) is 0 Å². The minimum atomic E-state index is -0.478. The van der Waals surface area contributed by atoms with Gasteiger partial charge in [0.05, 0.1) is 23.2 Å². The first-order valence-electron chi connectivity index (χ1n) is 10.4. The first-order valence-corrected chi connectivity index (χ1v) is 10.4. The predicted octanol–water partition coefficient (Wildman–Crippen LogP) is 2.87. The summed E-state index contributed by atoms with van der Waals surface area (Å²) < 4.78 is 18.4. The van der Waals surface area contributed by atoms with E-state index in [1.807, 2.05) is 0 Å². The van der Waals surface area contributed by atoms with E-state index in [9.17, 15) is 9.18 Å². The van der Waals surface area contributed by atoms with Crippen molar-refractivity contribution in [2.75, 3.05) is 30.4 Å². The van der Waals surface area contributed by atoms with Crippen LogP contribution in [0, 0.1) is 6.92 Å². The monoisotopic (exact) mass is 425 g/mol. The van der Waals surface area contributed by atoms with Gasteiger partial charge in [-0.05, 0) is 33.1 Å². The van der Waals surface area contributed by atoms with E-state index < -0.39 is 6.67 Å². The fourth-order valence-corrected chi connectivity index (χ4v) is 4.00. The topological polar surface area (TPSA) is 109 Å². The highest BCUT2D eigenvalue weighted by Crippen LogP contribution is 2.40. The van der Waals surface area contributed by atoms with Crippen LogP contribution in [0.4, 0.5) is 16.0 Å². The van der Waals surface area contributed by atoms with Gasteiger partial charge in [-0.1, -0.05) is 0 Å². The van der Waals surface area contributed by atoms with Crippen LogP contribution in [-0.4, -0.2) is 56.0 Å². The van der Waals surface area contributed by atoms with Gasteiger partial charge in [-0.15, -0.1) is 0 Å². The van der Waals surface area contributed by atoms with Crippen LogP contribution in [0.5, 0.6) is 0 Å². The molecule has 31 heavy (non-hydrogen) atoms. The van der Waals surface area contributed by atoms with E-state index in [0.29, 0.717) is 53.6 Å². The van der Waals surface area contributed by atoms with Crippen LogP contribution in [0.1, 0.15) is 47.1 Å². The number of fused-ring (bicyclic) bond motifs is 2. The lowest BCUT2D eigenvalue weighted by molar-refractivity contribution is 0.0731. The number of amides is 1. The van der Waals surface area contributed by atoms with E-state index in [-0.39, 0.29) is 18.0 Å². The van der Waals surface area contributed by atoms with Crippen molar-refractivity contribution in [2.24, 2.45) is 0 Å². The van der Waals surface area contributed by atoms with Gasteiger partial charge in [-0.2, -0.15) is 0 Å². The summed E-state index contributed by atoms with van der Waals surface area (Å²) in [6.45, 7) is 4.47. The van der Waals surface area contributed by atoms with Gasteiger partial charge in [0.2, 0.25) is 5.71 Å². The van der Waals surface area contributed by atoms with Gasteiger partial charge in [0, 0.05) is 24.2 Å². The Balaban J connectivity index is 1.47. The number of hydrogen-bond acceptors (Lipinski definition) is 8. The molecule has 1 fully saturated rings. The minimum absolute atomic E-state index is 0.00320. The molecule has 0 spiro atoms. The second-order valence-corrected chi connectivity index (χ2v) is 8.36. The number of hydrogen-bond donors (Lipinski definition) is 2. The number of nitrogens with one attached hydrogen (secondary N) is 2. The molecule has 1 amide bonds. The highest BCUT2D eigenvalue weighted by molar-refractivity contribution is 6.10. The number of alkyl halides is 1. The molecule has 0 unspecified atom stereocenters. The zero-order valence-corrected chi connectivity index (χ0v) is 17.5. The Morgan fingerprint density at radius 1 is 1.23 bits per heavy atom. The van der Waals surface area contributed by atoms with Crippen molar-refractivity contribution in [1.82, 2.24) is 24.8 Å². The third kappa shape index (κ3) is 3.55. The number of carbonyl (C=O) groups is 1. The summed E-state index contributed by atoms with van der Waals surface area (Å²) in [7, 11) is 0. The van der Waals surface area contributed by atoms with Crippen molar-refractivity contribution >= 4 is 28.6 Å². The Bertz CT molecular complexity index is 1160. The molecule has 0 saturated heterocycles. The van der Waals surface area contributed by atoms with Crippen LogP contribution in [-0.2, 0) is 13.0 Å². The molecule has 0 aromatic carbocycles. The molecular weight excluding hydrogens is 401 g/mol. The number of halogens is 1. The molecule has 4 heterocycles. The fourth-order valence-electron chi connectivity index (χ4n) is 4.00. The van der Waals surface area contributed by atoms with Crippen LogP contribution in [0.3, 0.4) is 0 Å². The number of furan rings is 1. The highest BCUT2D eigenvalue weighted by Gasteiger charge is 2.39. The number of anilines is 2. The van der Waals surface area contributed by atoms with E-state index in [1.165, 1.54) is 12.7 Å². The Kier molecular flexibility index (Phi) is 4.71. The SMILES string of the molecule is Cc1oc2ncnc(NC3(C)CC3)c2c1C(=O)N1CCc2c(ncnc2NCCF)C1. The fraction of sp³-hybridized carbons (Fsp3) is 0.476. The van der Waals surface area contributed by atoms with E-state index in [0.717, 1.165) is 24.1 Å². The Morgan fingerprint density at radius 3 is 2.77 bits per heavy atom. The van der Waals surface area contributed by atoms with Crippen LogP contribution < -0.4 is 10.6 Å². The lowest BCUT2D eigenvalue weighted by Crippen LogP contribution is -2.37. The van der Waals surface area contributed by atoms with Crippen LogP contribution >= 0.6 is 0 Å². The number of nitrogens with zero attached hydrogens (tertiary/aromatic N) is 5. The van der Waals surface area contributed by atoms with Gasteiger partial charge in [-0.25, -0.2) is 24.3 Å². The molecular formula is C21H24FN7O2. The Hall–Kier alpha value is -3.30. The molecule has 1 saturated carbocycles. The maximum Gasteiger partial charge on any atom is 0.258 e. The average molecular weight is 425 g/mol. The van der Waals surface area contributed by atoms with Crippen molar-refractivity contribution in [3.8, 4) is 0 Å². The molecule has 3 aromatic heterocycles. The van der Waals surface area contributed by atoms with Crippen molar-refractivity contribution in [2.45, 2.75) is 45.2 Å². The van der Waals surface area contributed by atoms with Crippen LogP contribution in [0.25, 0.3) is 11.1 Å². The van der Waals surface area contributed by atoms with Crippen LogP contribution in [0.2, 0.25) is 0 Å². The van der Waals surface area contributed by atoms with Crippen molar-refractivity contribution < 1.29 is 13.6 Å². The third-order valence-electron chi connectivity index (χ3n) is 5.98. The second-order valence-electron chi connectivity index (χ2n) is 8.36. The molecule has 0 radical (unpaired) electrons. The van der Waals surface area contributed by atoms with Gasteiger partial charge in [0.25, 0.3) is 5.91 Å². The number of aryl methyl sites for hydroxylation is 1. The average Bonchev–Trinajstić information content (AvgIpc) is 3.39. The van der Waals surface area contributed by atoms with Gasteiger partial charge >= 0.3 is 0 Å². The maximum absolute atomic E-state index is 13.6. The minimum Gasteiger partial charge on any atom is -0.442 e. The summed E-state index contributed by atoms with van der Waals surface area (Å²) in [4.78, 5) is 32.5. The maximum atomic E-state index is 13.6. The smallest absolute Gasteiger partial charge is 0.258 e. The van der Waals surface area contributed by atoms with E-state index in [4.69, 9.17) is 4.42 Å². The molecule has 0 atom stereocenters. The molecule has 2 aliphatic rings. The zero-order chi connectivity index (χ0) is 21.6. The molecule has 1 aliphatic heterocycles. The molecule has 3 aromatic rings. The summed E-state index contributed by atoms with van der Waals surface area (Å²) in [5, 5.41) is 7.06.